The van der Waals surface area contributed by atoms with Gasteiger partial charge in [0.1, 0.15) is 11.7 Å². The van der Waals surface area contributed by atoms with Gasteiger partial charge >= 0.3 is 0 Å². The molecule has 3 atom stereocenters. The highest BCUT2D eigenvalue weighted by Crippen LogP contribution is 2.34. The fraction of sp³-hybridized carbons (Fsp3) is 0.630. The fourth-order valence-electron chi connectivity index (χ4n) is 5.85. The van der Waals surface area contributed by atoms with Crippen molar-refractivity contribution in [2.45, 2.75) is 57.3 Å². The number of nitrogens with one attached hydrogen (secondary N) is 1. The van der Waals surface area contributed by atoms with E-state index in [1.54, 1.807) is 0 Å². The average Bonchev–Trinajstić information content (AvgIpc) is 3.19. The third-order valence-corrected chi connectivity index (χ3v) is 7.79. The highest BCUT2D eigenvalue weighted by atomic mass is 15.4. The predicted molar refractivity (Wildman–Crippen MR) is 139 cm³/mol. The number of hydrogen-bond donors (Lipinski definition) is 1. The zero-order valence-corrected chi connectivity index (χ0v) is 21.3. The Morgan fingerprint density at radius 2 is 2.03 bits per heavy atom. The molecule has 0 amide bonds. The van der Waals surface area contributed by atoms with E-state index in [0.717, 1.165) is 51.5 Å². The highest BCUT2D eigenvalue weighted by Gasteiger charge is 2.41. The Labute approximate surface area is 205 Å². The number of aromatic nitrogens is 1. The number of aliphatic imine (C=N–C) groups is 1. The predicted octanol–water partition coefficient (Wildman–Crippen LogP) is 2.50. The summed E-state index contributed by atoms with van der Waals surface area (Å²) in [5.41, 5.74) is 2.69. The molecule has 0 saturated carbocycles. The summed E-state index contributed by atoms with van der Waals surface area (Å²) in [4.78, 5) is 20.1. The van der Waals surface area contributed by atoms with Crippen molar-refractivity contribution in [3.05, 3.63) is 53.6 Å². The number of hydrogen-bond acceptors (Lipinski definition) is 7. The van der Waals surface area contributed by atoms with Crippen molar-refractivity contribution in [2.75, 3.05) is 53.4 Å². The first-order valence-electron chi connectivity index (χ1n) is 13.1. The van der Waals surface area contributed by atoms with Gasteiger partial charge in [-0.05, 0) is 57.1 Å². The Kier molecular flexibility index (Phi) is 7.04. The van der Waals surface area contributed by atoms with Gasteiger partial charge in [0, 0.05) is 51.5 Å². The zero-order valence-electron chi connectivity index (χ0n) is 21.3. The van der Waals surface area contributed by atoms with E-state index in [4.69, 9.17) is 9.98 Å². The van der Waals surface area contributed by atoms with Crippen LogP contribution in [0.2, 0.25) is 0 Å². The lowest BCUT2D eigenvalue weighted by molar-refractivity contribution is 0.139. The van der Waals surface area contributed by atoms with Crippen LogP contribution in [-0.2, 0) is 6.42 Å². The minimum Gasteiger partial charge on any atom is -0.355 e. The van der Waals surface area contributed by atoms with Crippen molar-refractivity contribution in [2.24, 2.45) is 4.99 Å². The summed E-state index contributed by atoms with van der Waals surface area (Å²) < 4.78 is 0. The molecule has 7 nitrogen and oxygen atoms in total. The largest absolute Gasteiger partial charge is 0.355 e. The summed E-state index contributed by atoms with van der Waals surface area (Å²) in [6.45, 7) is 10.7. The van der Waals surface area contributed by atoms with Gasteiger partial charge in [-0.3, -0.25) is 14.9 Å². The van der Waals surface area contributed by atoms with E-state index in [0.29, 0.717) is 18.1 Å². The summed E-state index contributed by atoms with van der Waals surface area (Å²) >= 11 is 0. The molecule has 7 heteroatoms. The van der Waals surface area contributed by atoms with Crippen LogP contribution in [0.5, 0.6) is 0 Å². The van der Waals surface area contributed by atoms with Crippen LogP contribution in [0.15, 0.2) is 47.4 Å². The molecule has 4 heterocycles. The molecule has 1 aliphatic carbocycles. The van der Waals surface area contributed by atoms with E-state index < -0.39 is 0 Å². The number of fused-ring (bicyclic) bond motifs is 2. The Bertz CT molecular complexity index is 944. The van der Waals surface area contributed by atoms with E-state index in [9.17, 15) is 0 Å². The molecular formula is C27H41N7. The normalized spacial score (nSPS) is 27.2. The lowest BCUT2D eigenvalue weighted by Gasteiger charge is -2.43. The monoisotopic (exact) mass is 463 g/mol. The van der Waals surface area contributed by atoms with Crippen molar-refractivity contribution in [3.63, 3.8) is 0 Å². The van der Waals surface area contributed by atoms with E-state index in [-0.39, 0.29) is 6.04 Å². The third kappa shape index (κ3) is 4.79. The van der Waals surface area contributed by atoms with Crippen LogP contribution in [0.3, 0.4) is 0 Å². The number of pyridine rings is 1. The molecule has 184 valence electrons. The Hall–Kier alpha value is -2.22. The number of rotatable bonds is 7. The van der Waals surface area contributed by atoms with Gasteiger partial charge in [0.2, 0.25) is 0 Å². The second kappa shape index (κ2) is 10.2. The Morgan fingerprint density at radius 3 is 2.82 bits per heavy atom. The first-order valence-corrected chi connectivity index (χ1v) is 13.1. The van der Waals surface area contributed by atoms with Crippen molar-refractivity contribution >= 4 is 5.84 Å². The molecule has 0 spiro atoms. The van der Waals surface area contributed by atoms with Crippen LogP contribution in [-0.4, -0.2) is 102 Å². The van der Waals surface area contributed by atoms with Crippen LogP contribution in [0.4, 0.5) is 0 Å². The minimum atomic E-state index is 0.221. The second-order valence-electron chi connectivity index (χ2n) is 10.6. The number of likely N-dealkylation sites (N-methyl/N-ethyl adjacent to an activating group) is 2. The molecule has 2 unspecified atom stereocenters. The molecule has 0 bridgehead atoms. The van der Waals surface area contributed by atoms with Gasteiger partial charge in [0.15, 0.2) is 0 Å². The van der Waals surface area contributed by atoms with Gasteiger partial charge in [-0.15, -0.1) is 0 Å². The number of amidine groups is 1. The number of nitrogens with zero attached hydrogens (tertiary/aromatic N) is 6. The summed E-state index contributed by atoms with van der Waals surface area (Å²) in [5, 5.41) is 3.73. The van der Waals surface area contributed by atoms with Crippen LogP contribution in [0.25, 0.3) is 0 Å². The molecule has 0 radical (unpaired) electrons. The number of aryl methyl sites for hydroxylation is 1. The molecule has 1 fully saturated rings. The standard InChI is InChI=1S/C27H41N7/c1-20(2)29-18-24-22(19-32(4)23-10-5-8-21-9-7-13-28-27(21)23)30-25-11-6-12-26(34(24)25)33-16-14-31(3)15-17-33/h6-7,9,11-13,20,22-24,29H,5,8,10,14-19H2,1-4H3/t22?,23-,24?/m0/s1. The van der Waals surface area contributed by atoms with Crippen molar-refractivity contribution < 1.29 is 0 Å². The van der Waals surface area contributed by atoms with Crippen molar-refractivity contribution in [1.82, 2.24) is 29.9 Å². The molecule has 0 aromatic carbocycles. The molecule has 1 aromatic rings. The van der Waals surface area contributed by atoms with Gasteiger partial charge in [0.25, 0.3) is 0 Å². The van der Waals surface area contributed by atoms with Crippen molar-refractivity contribution in [1.29, 1.82) is 0 Å². The maximum absolute atomic E-state index is 5.30. The summed E-state index contributed by atoms with van der Waals surface area (Å²) in [5.74, 6) is 2.44. The third-order valence-electron chi connectivity index (χ3n) is 7.79. The minimum absolute atomic E-state index is 0.221. The molecular weight excluding hydrogens is 422 g/mol. The molecule has 4 aliphatic rings. The highest BCUT2D eigenvalue weighted by molar-refractivity contribution is 5.97. The summed E-state index contributed by atoms with van der Waals surface area (Å²) in [6, 6.07) is 5.69. The van der Waals surface area contributed by atoms with Crippen LogP contribution in [0.1, 0.15) is 44.0 Å². The maximum atomic E-state index is 5.30. The lowest BCUT2D eigenvalue weighted by atomic mass is 9.90. The van der Waals surface area contributed by atoms with E-state index in [1.165, 1.54) is 29.9 Å². The zero-order chi connectivity index (χ0) is 23.7. The van der Waals surface area contributed by atoms with Gasteiger partial charge < -0.3 is 20.0 Å². The van der Waals surface area contributed by atoms with E-state index in [1.807, 2.05) is 6.20 Å². The molecule has 34 heavy (non-hydrogen) atoms. The SMILES string of the molecule is CC(C)NCC1C(CN(C)[C@H]2CCCc3cccnc32)N=C2C=CC=C(N3CCN(C)CC3)N21. The molecule has 1 saturated heterocycles. The van der Waals surface area contributed by atoms with Gasteiger partial charge in [-0.2, -0.15) is 0 Å². The van der Waals surface area contributed by atoms with Gasteiger partial charge in [0.05, 0.1) is 23.8 Å². The maximum Gasteiger partial charge on any atom is 0.129 e. The Balaban J connectivity index is 1.36. The summed E-state index contributed by atoms with van der Waals surface area (Å²) in [7, 11) is 4.49. The number of allylic oxidation sites excluding steroid dienone is 2. The smallest absolute Gasteiger partial charge is 0.129 e. The van der Waals surface area contributed by atoms with Crippen LogP contribution < -0.4 is 5.32 Å². The topological polar surface area (TPSA) is 50.2 Å². The van der Waals surface area contributed by atoms with E-state index >= 15 is 0 Å². The molecule has 3 aliphatic heterocycles. The van der Waals surface area contributed by atoms with Crippen LogP contribution in [0, 0.1) is 0 Å². The lowest BCUT2D eigenvalue weighted by Crippen LogP contribution is -2.54. The molecule has 1 N–H and O–H groups in total. The first kappa shape index (κ1) is 23.5. The fourth-order valence-corrected chi connectivity index (χ4v) is 5.85. The van der Waals surface area contributed by atoms with Crippen LogP contribution >= 0.6 is 0 Å². The van der Waals surface area contributed by atoms with Crippen molar-refractivity contribution in [3.8, 4) is 0 Å². The van der Waals surface area contributed by atoms with Gasteiger partial charge in [-0.25, -0.2) is 0 Å². The number of piperazine rings is 1. The second-order valence-corrected chi connectivity index (χ2v) is 10.6. The van der Waals surface area contributed by atoms with Gasteiger partial charge in [-0.1, -0.05) is 26.0 Å². The first-order chi connectivity index (χ1) is 16.5. The average molecular weight is 464 g/mol. The van der Waals surface area contributed by atoms with E-state index in [2.05, 4.69) is 83.2 Å². The Morgan fingerprint density at radius 1 is 1.21 bits per heavy atom. The molecule has 5 rings (SSSR count). The quantitative estimate of drug-likeness (QED) is 0.671. The summed E-state index contributed by atoms with van der Waals surface area (Å²) in [6.07, 6.45) is 12.2. The molecule has 1 aromatic heterocycles.